The van der Waals surface area contributed by atoms with Crippen molar-refractivity contribution in [2.45, 2.75) is 4.90 Å². The van der Waals surface area contributed by atoms with Gasteiger partial charge in [-0.2, -0.15) is 15.5 Å². The highest BCUT2D eigenvalue weighted by molar-refractivity contribution is 7.92. The van der Waals surface area contributed by atoms with E-state index in [1.807, 2.05) is 0 Å². The Hall–Kier alpha value is -2.53. The van der Waals surface area contributed by atoms with Gasteiger partial charge in [0.05, 0.1) is 28.5 Å². The first kappa shape index (κ1) is 12.9. The third-order valence-corrected chi connectivity index (χ3v) is 3.58. The van der Waals surface area contributed by atoms with E-state index in [9.17, 15) is 12.8 Å². The van der Waals surface area contributed by atoms with Gasteiger partial charge in [-0.05, 0) is 24.3 Å². The summed E-state index contributed by atoms with van der Waals surface area (Å²) >= 11 is 0. The molecule has 1 aromatic carbocycles. The van der Waals surface area contributed by atoms with Crippen molar-refractivity contribution in [3.63, 3.8) is 0 Å². The van der Waals surface area contributed by atoms with Gasteiger partial charge in [0.1, 0.15) is 11.9 Å². The van der Waals surface area contributed by atoms with E-state index in [4.69, 9.17) is 5.26 Å². The number of anilines is 1. The lowest BCUT2D eigenvalue weighted by molar-refractivity contribution is 0.599. The topological polar surface area (TPSA) is 95.7 Å². The second kappa shape index (κ2) is 4.99. The second-order valence-corrected chi connectivity index (χ2v) is 5.17. The Morgan fingerprint density at radius 1 is 1.26 bits per heavy atom. The van der Waals surface area contributed by atoms with Gasteiger partial charge < -0.3 is 0 Å². The van der Waals surface area contributed by atoms with E-state index in [1.54, 1.807) is 6.07 Å². The van der Waals surface area contributed by atoms with Crippen molar-refractivity contribution < 1.29 is 12.8 Å². The maximum absolute atomic E-state index is 13.1. The molecule has 6 nitrogen and oxygen atoms in total. The highest BCUT2D eigenvalue weighted by Crippen LogP contribution is 2.17. The molecule has 1 N–H and O–H groups in total. The molecule has 0 spiro atoms. The number of hydrogen-bond donors (Lipinski definition) is 1. The number of rotatable bonds is 3. The smallest absolute Gasteiger partial charge is 0.261 e. The van der Waals surface area contributed by atoms with Crippen LogP contribution in [0.1, 0.15) is 5.56 Å². The fourth-order valence-corrected chi connectivity index (χ4v) is 2.39. The average molecular weight is 278 g/mol. The molecule has 2 rings (SSSR count). The molecule has 0 saturated carbocycles. The van der Waals surface area contributed by atoms with Gasteiger partial charge in [-0.1, -0.05) is 0 Å². The van der Waals surface area contributed by atoms with E-state index in [0.29, 0.717) is 0 Å². The van der Waals surface area contributed by atoms with Crippen molar-refractivity contribution in [3.05, 3.63) is 48.0 Å². The zero-order valence-corrected chi connectivity index (χ0v) is 10.2. The summed E-state index contributed by atoms with van der Waals surface area (Å²) in [5.41, 5.74) is -0.117. The Morgan fingerprint density at radius 3 is 2.68 bits per heavy atom. The van der Waals surface area contributed by atoms with Crippen molar-refractivity contribution in [2.24, 2.45) is 0 Å². The predicted molar refractivity (Wildman–Crippen MR) is 64.0 cm³/mol. The fraction of sp³-hybridized carbons (Fsp3) is 0. The average Bonchev–Trinajstić information content (AvgIpc) is 2.39. The van der Waals surface area contributed by atoms with Crippen molar-refractivity contribution in [2.75, 3.05) is 4.72 Å². The maximum Gasteiger partial charge on any atom is 0.261 e. The molecule has 0 fully saturated rings. The minimum absolute atomic E-state index is 0.206. The monoisotopic (exact) mass is 278 g/mol. The number of nitriles is 1. The number of hydrogen-bond acceptors (Lipinski definition) is 5. The van der Waals surface area contributed by atoms with Crippen molar-refractivity contribution in [1.82, 2.24) is 10.2 Å². The molecule has 1 heterocycles. The lowest BCUT2D eigenvalue weighted by Gasteiger charge is -2.07. The molecule has 0 aliphatic carbocycles. The summed E-state index contributed by atoms with van der Waals surface area (Å²) in [4.78, 5) is -0.206. The van der Waals surface area contributed by atoms with Crippen LogP contribution in [-0.4, -0.2) is 18.6 Å². The van der Waals surface area contributed by atoms with Crippen LogP contribution in [-0.2, 0) is 10.0 Å². The van der Waals surface area contributed by atoms with Crippen LogP contribution in [0.5, 0.6) is 0 Å². The van der Waals surface area contributed by atoms with Crippen LogP contribution in [0.4, 0.5) is 10.1 Å². The van der Waals surface area contributed by atoms with E-state index in [2.05, 4.69) is 14.9 Å². The molecule has 96 valence electrons. The summed E-state index contributed by atoms with van der Waals surface area (Å²) in [7, 11) is -3.90. The van der Waals surface area contributed by atoms with E-state index in [1.165, 1.54) is 18.5 Å². The third-order valence-electron chi connectivity index (χ3n) is 2.21. The summed E-state index contributed by atoms with van der Waals surface area (Å²) in [6, 6.07) is 5.97. The number of sulfonamides is 1. The molecular weight excluding hydrogens is 271 g/mol. The van der Waals surface area contributed by atoms with Gasteiger partial charge >= 0.3 is 0 Å². The van der Waals surface area contributed by atoms with Crippen LogP contribution in [0.3, 0.4) is 0 Å². The largest absolute Gasteiger partial charge is 0.278 e. The Kier molecular flexibility index (Phi) is 3.39. The zero-order chi connectivity index (χ0) is 13.9. The van der Waals surface area contributed by atoms with Crippen LogP contribution >= 0.6 is 0 Å². The summed E-state index contributed by atoms with van der Waals surface area (Å²) in [6.45, 7) is 0. The van der Waals surface area contributed by atoms with Gasteiger partial charge in [-0.3, -0.25) is 4.72 Å². The highest BCUT2D eigenvalue weighted by atomic mass is 32.2. The van der Waals surface area contributed by atoms with Crippen molar-refractivity contribution in [3.8, 4) is 6.07 Å². The molecule has 0 aliphatic heterocycles. The van der Waals surface area contributed by atoms with Crippen LogP contribution in [0, 0.1) is 17.1 Å². The molecular formula is C11H7FN4O2S. The number of nitrogens with zero attached hydrogens (tertiary/aromatic N) is 3. The number of nitrogens with one attached hydrogen (secondary N) is 1. The van der Waals surface area contributed by atoms with E-state index in [-0.39, 0.29) is 16.1 Å². The highest BCUT2D eigenvalue weighted by Gasteiger charge is 2.16. The molecule has 0 atom stereocenters. The van der Waals surface area contributed by atoms with Crippen LogP contribution in [0.25, 0.3) is 0 Å². The van der Waals surface area contributed by atoms with Crippen LogP contribution in [0.2, 0.25) is 0 Å². The standard InChI is InChI=1S/C11H7FN4O2S/c12-11-2-1-10(5-8(11)6-13)19(17,18)16-9-3-4-14-15-7-9/h1-5,7H,(H,14,16). The van der Waals surface area contributed by atoms with E-state index >= 15 is 0 Å². The lowest BCUT2D eigenvalue weighted by Crippen LogP contribution is -2.13. The molecule has 0 unspecified atom stereocenters. The van der Waals surface area contributed by atoms with Gasteiger partial charge in [0.25, 0.3) is 10.0 Å². The predicted octanol–water partition coefficient (Wildman–Crippen LogP) is 1.29. The Labute approximate surface area is 108 Å². The molecule has 8 heteroatoms. The van der Waals surface area contributed by atoms with Gasteiger partial charge in [-0.25, -0.2) is 12.8 Å². The van der Waals surface area contributed by atoms with Gasteiger partial charge in [0.2, 0.25) is 0 Å². The van der Waals surface area contributed by atoms with Crippen LogP contribution < -0.4 is 4.72 Å². The number of halogens is 1. The minimum atomic E-state index is -3.90. The van der Waals surface area contributed by atoms with E-state index < -0.39 is 15.8 Å². The molecule has 0 saturated heterocycles. The Morgan fingerprint density at radius 2 is 2.05 bits per heavy atom. The molecule has 0 bridgehead atoms. The first-order valence-electron chi connectivity index (χ1n) is 5.02. The van der Waals surface area contributed by atoms with Crippen LogP contribution in [0.15, 0.2) is 41.6 Å². The zero-order valence-electron chi connectivity index (χ0n) is 9.41. The number of benzene rings is 1. The minimum Gasteiger partial charge on any atom is -0.278 e. The van der Waals surface area contributed by atoms with Gasteiger partial charge in [0.15, 0.2) is 0 Å². The normalized spacial score (nSPS) is 10.7. The molecule has 0 radical (unpaired) electrons. The quantitative estimate of drug-likeness (QED) is 0.912. The first-order valence-corrected chi connectivity index (χ1v) is 6.50. The van der Waals surface area contributed by atoms with Crippen molar-refractivity contribution >= 4 is 15.7 Å². The van der Waals surface area contributed by atoms with Crippen molar-refractivity contribution in [1.29, 1.82) is 5.26 Å². The summed E-state index contributed by atoms with van der Waals surface area (Å²) in [6.07, 6.45) is 2.55. The Balaban J connectivity index is 2.38. The molecule has 2 aromatic rings. The molecule has 0 aliphatic rings. The summed E-state index contributed by atoms with van der Waals surface area (Å²) in [5, 5.41) is 15.7. The molecule has 0 amide bonds. The third kappa shape index (κ3) is 2.83. The van der Waals surface area contributed by atoms with Gasteiger partial charge in [-0.15, -0.1) is 0 Å². The lowest BCUT2D eigenvalue weighted by atomic mass is 10.2. The maximum atomic E-state index is 13.1. The molecule has 19 heavy (non-hydrogen) atoms. The summed E-state index contributed by atoms with van der Waals surface area (Å²) in [5.74, 6) is -0.771. The molecule has 1 aromatic heterocycles. The fourth-order valence-electron chi connectivity index (χ4n) is 1.32. The second-order valence-electron chi connectivity index (χ2n) is 3.49. The first-order chi connectivity index (χ1) is 9.03. The SMILES string of the molecule is N#Cc1cc(S(=O)(=O)Nc2ccnnc2)ccc1F. The summed E-state index contributed by atoms with van der Waals surface area (Å²) < 4.78 is 39.4. The van der Waals surface area contributed by atoms with E-state index in [0.717, 1.165) is 18.2 Å². The van der Waals surface area contributed by atoms with Gasteiger partial charge in [0, 0.05) is 0 Å². The number of aromatic nitrogens is 2. The Bertz CT molecular complexity index is 741.